The second kappa shape index (κ2) is 12.3. The molecule has 3 amide bonds. The van der Waals surface area contributed by atoms with Gasteiger partial charge in [-0.1, -0.05) is 36.0 Å². The number of ether oxygens (including phenoxy) is 1. The van der Waals surface area contributed by atoms with Crippen LogP contribution in [0.4, 0.5) is 5.69 Å². The molecule has 1 saturated heterocycles. The fourth-order valence-electron chi connectivity index (χ4n) is 5.22. The first-order valence-electron chi connectivity index (χ1n) is 13.3. The first kappa shape index (κ1) is 29.9. The van der Waals surface area contributed by atoms with Crippen LogP contribution in [0.2, 0.25) is 10.0 Å². The Hall–Kier alpha value is -4.61. The molecular weight excluding hydrogens is 601 g/mol. The molecule has 11 nitrogen and oxygen atoms in total. The van der Waals surface area contributed by atoms with Gasteiger partial charge in [-0.15, -0.1) is 0 Å². The lowest BCUT2D eigenvalue weighted by molar-refractivity contribution is -0.384. The molecular formula is C30H23Cl2N3O8. The number of hydrogen-bond acceptors (Lipinski definition) is 8. The largest absolute Gasteiger partial charge is 0.423 e. The third-order valence-electron chi connectivity index (χ3n) is 7.45. The number of benzene rings is 3. The van der Waals surface area contributed by atoms with Crippen LogP contribution >= 0.6 is 23.2 Å². The van der Waals surface area contributed by atoms with Gasteiger partial charge in [-0.2, -0.15) is 5.01 Å². The summed E-state index contributed by atoms with van der Waals surface area (Å²) in [6, 6.07) is 14.4. The number of carbonyl (C=O) groups excluding carboxylic acids is 5. The van der Waals surface area contributed by atoms with Gasteiger partial charge in [-0.3, -0.25) is 29.3 Å². The summed E-state index contributed by atoms with van der Waals surface area (Å²) >= 11 is 12.1. The number of nitro benzene ring substituents is 1. The Kier molecular flexibility index (Phi) is 8.56. The number of nitro groups is 1. The number of hydrazine groups is 1. The second-order valence-corrected chi connectivity index (χ2v) is 10.9. The van der Waals surface area contributed by atoms with Crippen LogP contribution in [0.25, 0.3) is 0 Å². The van der Waals surface area contributed by atoms with Crippen LogP contribution in [-0.4, -0.2) is 51.0 Å². The Morgan fingerprint density at radius 1 is 0.837 bits per heavy atom. The molecule has 3 aromatic carbocycles. The summed E-state index contributed by atoms with van der Waals surface area (Å²) in [5.74, 6) is -4.18. The molecule has 43 heavy (non-hydrogen) atoms. The topological polar surface area (TPSA) is 144 Å². The number of Topliss-reactive ketones (excluding diaryl/α,β-unsaturated/α-hetero) is 1. The molecule has 0 unspecified atom stereocenters. The number of hydrogen-bond donors (Lipinski definition) is 0. The number of non-ortho nitro benzene ring substituents is 1. The average Bonchev–Trinajstić information content (AvgIpc) is 3.26. The van der Waals surface area contributed by atoms with Gasteiger partial charge in [-0.25, -0.2) is 9.80 Å². The minimum atomic E-state index is -0.777. The van der Waals surface area contributed by atoms with Crippen molar-refractivity contribution in [3.63, 3.8) is 0 Å². The quantitative estimate of drug-likeness (QED) is 0.0794. The first-order valence-corrected chi connectivity index (χ1v) is 14.1. The van der Waals surface area contributed by atoms with E-state index in [-0.39, 0.29) is 38.2 Å². The lowest BCUT2D eigenvalue weighted by atomic mass is 9.81. The molecule has 2 aliphatic rings. The maximum atomic E-state index is 13.7. The number of ketones is 1. The predicted molar refractivity (Wildman–Crippen MR) is 154 cm³/mol. The maximum absolute atomic E-state index is 13.7. The number of amides is 3. The lowest BCUT2D eigenvalue weighted by Gasteiger charge is -2.30. The summed E-state index contributed by atoms with van der Waals surface area (Å²) < 4.78 is 5.29. The normalized spacial score (nSPS) is 17.8. The zero-order valence-corrected chi connectivity index (χ0v) is 23.9. The highest BCUT2D eigenvalue weighted by Crippen LogP contribution is 2.39. The van der Waals surface area contributed by atoms with Crippen molar-refractivity contribution >= 4 is 58.4 Å². The minimum absolute atomic E-state index is 0.0335. The molecule has 0 aromatic heterocycles. The van der Waals surface area contributed by atoms with Crippen LogP contribution < -0.4 is 4.74 Å². The third kappa shape index (κ3) is 6.13. The van der Waals surface area contributed by atoms with Crippen LogP contribution in [0, 0.1) is 22.0 Å². The molecule has 1 saturated carbocycles. The predicted octanol–water partition coefficient (Wildman–Crippen LogP) is 5.54. The Balaban J connectivity index is 1.36. The molecule has 0 bridgehead atoms. The summed E-state index contributed by atoms with van der Waals surface area (Å²) in [4.78, 5) is 76.4. The zero-order valence-electron chi connectivity index (χ0n) is 22.4. The van der Waals surface area contributed by atoms with E-state index in [2.05, 4.69) is 0 Å². The van der Waals surface area contributed by atoms with Crippen molar-refractivity contribution in [2.24, 2.45) is 11.8 Å². The van der Waals surface area contributed by atoms with Crippen LogP contribution in [0.15, 0.2) is 66.7 Å². The van der Waals surface area contributed by atoms with E-state index in [1.165, 1.54) is 66.7 Å². The molecule has 1 aliphatic heterocycles. The van der Waals surface area contributed by atoms with Gasteiger partial charge in [0.1, 0.15) is 12.3 Å². The molecule has 220 valence electrons. The molecule has 13 heteroatoms. The van der Waals surface area contributed by atoms with Crippen LogP contribution in [-0.2, 0) is 9.59 Å². The van der Waals surface area contributed by atoms with E-state index in [0.717, 1.165) is 22.9 Å². The molecule has 2 atom stereocenters. The standard InChI is InChI=1S/C30H23Cl2N3O8/c31-24-14-9-19(15-25(24)32)27(37)33(34-28(38)22-3-1-2-4-23(22)29(34)39)16-26(36)17-7-12-21(13-8-17)43-30(40)18-5-10-20(11-6-18)35(41)42/h5-15,22-23H,1-4,16H2/t22-,23+. The average molecular weight is 624 g/mol. The summed E-state index contributed by atoms with van der Waals surface area (Å²) in [6.07, 6.45) is 2.62. The first-order chi connectivity index (χ1) is 20.5. The molecule has 0 spiro atoms. The number of nitrogens with zero attached hydrogens (tertiary/aromatic N) is 3. The maximum Gasteiger partial charge on any atom is 0.343 e. The van der Waals surface area contributed by atoms with Gasteiger partial charge in [0.15, 0.2) is 5.78 Å². The van der Waals surface area contributed by atoms with E-state index in [9.17, 15) is 34.1 Å². The Bertz CT molecular complexity index is 1620. The number of rotatable bonds is 8. The Morgan fingerprint density at radius 2 is 1.40 bits per heavy atom. The molecule has 1 aliphatic carbocycles. The minimum Gasteiger partial charge on any atom is -0.423 e. The van der Waals surface area contributed by atoms with Gasteiger partial charge in [0.2, 0.25) is 0 Å². The Morgan fingerprint density at radius 3 is 1.95 bits per heavy atom. The number of fused-ring (bicyclic) bond motifs is 1. The molecule has 1 heterocycles. The van der Waals surface area contributed by atoms with Crippen LogP contribution in [0.3, 0.4) is 0 Å². The highest BCUT2D eigenvalue weighted by molar-refractivity contribution is 6.42. The number of esters is 1. The van der Waals surface area contributed by atoms with E-state index in [1.54, 1.807) is 0 Å². The zero-order chi connectivity index (χ0) is 30.8. The van der Waals surface area contributed by atoms with Gasteiger partial charge < -0.3 is 4.74 Å². The van der Waals surface area contributed by atoms with E-state index in [1.807, 2.05) is 0 Å². The molecule has 2 fully saturated rings. The van der Waals surface area contributed by atoms with E-state index in [0.29, 0.717) is 12.8 Å². The van der Waals surface area contributed by atoms with Crippen molar-refractivity contribution in [3.05, 3.63) is 104 Å². The highest BCUT2D eigenvalue weighted by atomic mass is 35.5. The SMILES string of the molecule is O=C(CN(C(=O)c1ccc(Cl)c(Cl)c1)N1C(=O)[C@H]2CCCC[C@H]2C1=O)c1ccc(OC(=O)c2ccc([N+](=O)[O-])cc2)cc1. The number of carbonyl (C=O) groups is 5. The second-order valence-electron chi connectivity index (χ2n) is 10.1. The third-order valence-corrected chi connectivity index (χ3v) is 8.19. The molecule has 0 radical (unpaired) electrons. The molecule has 5 rings (SSSR count). The monoisotopic (exact) mass is 623 g/mol. The summed E-state index contributed by atoms with van der Waals surface area (Å²) in [7, 11) is 0. The van der Waals surface area contributed by atoms with E-state index < -0.39 is 52.8 Å². The number of imide groups is 1. The van der Waals surface area contributed by atoms with E-state index >= 15 is 0 Å². The van der Waals surface area contributed by atoms with Gasteiger partial charge in [-0.05, 0) is 67.4 Å². The van der Waals surface area contributed by atoms with E-state index in [4.69, 9.17) is 27.9 Å². The van der Waals surface area contributed by atoms with Gasteiger partial charge in [0.05, 0.1) is 32.4 Å². The highest BCUT2D eigenvalue weighted by Gasteiger charge is 2.51. The van der Waals surface area contributed by atoms with Crippen molar-refractivity contribution in [1.29, 1.82) is 0 Å². The van der Waals surface area contributed by atoms with Gasteiger partial charge in [0, 0.05) is 23.3 Å². The smallest absolute Gasteiger partial charge is 0.343 e. The fraction of sp³-hybridized carbons (Fsp3) is 0.233. The number of halogens is 2. The van der Waals surface area contributed by atoms with Gasteiger partial charge >= 0.3 is 5.97 Å². The van der Waals surface area contributed by atoms with Crippen molar-refractivity contribution in [1.82, 2.24) is 10.0 Å². The van der Waals surface area contributed by atoms with Crippen molar-refractivity contribution in [2.75, 3.05) is 6.54 Å². The van der Waals surface area contributed by atoms with Crippen molar-refractivity contribution in [3.8, 4) is 5.75 Å². The fourth-order valence-corrected chi connectivity index (χ4v) is 5.51. The summed E-state index contributed by atoms with van der Waals surface area (Å²) in [5, 5.41) is 12.8. The van der Waals surface area contributed by atoms with Gasteiger partial charge in [0.25, 0.3) is 23.4 Å². The van der Waals surface area contributed by atoms with Crippen molar-refractivity contribution < 1.29 is 33.6 Å². The van der Waals surface area contributed by atoms with Crippen LogP contribution in [0.5, 0.6) is 5.75 Å². The summed E-state index contributed by atoms with van der Waals surface area (Å²) in [5.41, 5.74) is 0.0645. The summed E-state index contributed by atoms with van der Waals surface area (Å²) in [6.45, 7) is -0.627. The van der Waals surface area contributed by atoms with Crippen LogP contribution in [0.1, 0.15) is 56.8 Å². The Labute approximate surface area is 255 Å². The molecule has 3 aromatic rings. The lowest BCUT2D eigenvalue weighted by Crippen LogP contribution is -2.52. The van der Waals surface area contributed by atoms with Crippen molar-refractivity contribution in [2.45, 2.75) is 25.7 Å². The molecule has 0 N–H and O–H groups in total.